The van der Waals surface area contributed by atoms with E-state index < -0.39 is 12.0 Å². The van der Waals surface area contributed by atoms with Crippen molar-refractivity contribution < 1.29 is 14.6 Å². The summed E-state index contributed by atoms with van der Waals surface area (Å²) in [6.07, 6.45) is 0.258. The molecule has 0 fully saturated rings. The number of nitrogens with zero attached hydrogens (tertiary/aromatic N) is 1. The van der Waals surface area contributed by atoms with Gasteiger partial charge < -0.3 is 9.84 Å². The molecule has 0 unspecified atom stereocenters. The minimum Gasteiger partial charge on any atom is -0.489 e. The van der Waals surface area contributed by atoms with Gasteiger partial charge in [0, 0.05) is 0 Å². The number of benzene rings is 3. The minimum absolute atomic E-state index is 0.502. The molecule has 0 aliphatic rings. The zero-order chi connectivity index (χ0) is 18.9. The lowest BCUT2D eigenvalue weighted by Crippen LogP contribution is -2.25. The van der Waals surface area contributed by atoms with Gasteiger partial charge in [-0.3, -0.25) is 4.79 Å². The summed E-state index contributed by atoms with van der Waals surface area (Å²) in [5, 5.41) is 13.9. The van der Waals surface area contributed by atoms with Gasteiger partial charge in [-0.05, 0) is 41.0 Å². The molecule has 0 saturated heterocycles. The monoisotopic (exact) mass is 360 g/mol. The maximum absolute atomic E-state index is 11.9. The lowest BCUT2D eigenvalue weighted by Gasteiger charge is -2.08. The van der Waals surface area contributed by atoms with Crippen molar-refractivity contribution in [1.29, 1.82) is 0 Å². The van der Waals surface area contributed by atoms with Crippen molar-refractivity contribution in [3.05, 3.63) is 102 Å². The molecule has 0 heterocycles. The van der Waals surface area contributed by atoms with Crippen LogP contribution in [0.25, 0.3) is 0 Å². The summed E-state index contributed by atoms with van der Waals surface area (Å²) >= 11 is 0. The minimum atomic E-state index is -1.25. The number of hydrogen-bond donors (Lipinski definition) is 2. The summed E-state index contributed by atoms with van der Waals surface area (Å²) in [5.41, 5.74) is 4.76. The van der Waals surface area contributed by atoms with Crippen LogP contribution in [0.1, 0.15) is 22.8 Å². The lowest BCUT2D eigenvalue weighted by molar-refractivity contribution is -0.129. The fourth-order valence-corrected chi connectivity index (χ4v) is 2.41. The predicted molar refractivity (Wildman–Crippen MR) is 104 cm³/mol. The Morgan fingerprint density at radius 1 is 0.963 bits per heavy atom. The second kappa shape index (κ2) is 9.31. The van der Waals surface area contributed by atoms with Crippen molar-refractivity contribution in [2.45, 2.75) is 12.7 Å². The van der Waals surface area contributed by atoms with E-state index in [1.165, 1.54) is 6.21 Å². The molecule has 136 valence electrons. The summed E-state index contributed by atoms with van der Waals surface area (Å²) in [7, 11) is 0. The van der Waals surface area contributed by atoms with Gasteiger partial charge in [-0.1, -0.05) is 60.7 Å². The summed E-state index contributed by atoms with van der Waals surface area (Å²) in [6.45, 7) is 0.502. The fraction of sp³-hybridized carbons (Fsp3) is 0.0909. The van der Waals surface area contributed by atoms with Crippen LogP contribution in [0.3, 0.4) is 0 Å². The van der Waals surface area contributed by atoms with Crippen molar-refractivity contribution in [3.8, 4) is 5.75 Å². The molecule has 0 bridgehead atoms. The molecule has 0 aliphatic carbocycles. The number of carbonyl (C=O) groups excluding carboxylic acids is 1. The Hall–Kier alpha value is -3.44. The van der Waals surface area contributed by atoms with Crippen molar-refractivity contribution in [2.75, 3.05) is 0 Å². The molecule has 5 heteroatoms. The van der Waals surface area contributed by atoms with Crippen LogP contribution in [-0.4, -0.2) is 17.2 Å². The first-order valence-corrected chi connectivity index (χ1v) is 8.55. The molecule has 0 aliphatic heterocycles. The van der Waals surface area contributed by atoms with Crippen LogP contribution < -0.4 is 10.2 Å². The highest BCUT2D eigenvalue weighted by Crippen LogP contribution is 2.14. The average molecular weight is 360 g/mol. The maximum Gasteiger partial charge on any atom is 0.273 e. The van der Waals surface area contributed by atoms with Gasteiger partial charge in [-0.25, -0.2) is 5.43 Å². The smallest absolute Gasteiger partial charge is 0.273 e. The first kappa shape index (κ1) is 18.4. The number of rotatable bonds is 7. The third-order valence-corrected chi connectivity index (χ3v) is 3.88. The van der Waals surface area contributed by atoms with E-state index in [1.807, 2.05) is 60.7 Å². The molecule has 1 atom stereocenters. The molecule has 0 aromatic heterocycles. The Kier molecular flexibility index (Phi) is 6.33. The molecular weight excluding hydrogens is 340 g/mol. The van der Waals surface area contributed by atoms with Gasteiger partial charge in [-0.2, -0.15) is 5.10 Å². The predicted octanol–water partition coefficient (Wildman–Crippen LogP) is 3.45. The van der Waals surface area contributed by atoms with E-state index in [4.69, 9.17) is 4.74 Å². The summed E-state index contributed by atoms with van der Waals surface area (Å²) in [5.74, 6) is 0.166. The highest BCUT2D eigenvalue weighted by atomic mass is 16.5. The highest BCUT2D eigenvalue weighted by molar-refractivity contribution is 5.85. The Morgan fingerprint density at radius 3 is 2.26 bits per heavy atom. The molecule has 0 radical (unpaired) electrons. The number of ether oxygens (including phenoxy) is 1. The maximum atomic E-state index is 11.9. The molecule has 3 rings (SSSR count). The van der Waals surface area contributed by atoms with Gasteiger partial charge in [0.1, 0.15) is 12.4 Å². The Bertz CT molecular complexity index is 878. The SMILES string of the molecule is O=C(NN=Cc1ccc(OCc2ccccc2)cc1)[C@H](O)c1ccccc1. The largest absolute Gasteiger partial charge is 0.489 e. The van der Waals surface area contributed by atoms with Gasteiger partial charge in [0.15, 0.2) is 6.10 Å². The third-order valence-electron chi connectivity index (χ3n) is 3.88. The average Bonchev–Trinajstić information content (AvgIpc) is 2.74. The second-order valence-electron chi connectivity index (χ2n) is 5.89. The Labute approximate surface area is 157 Å². The third kappa shape index (κ3) is 5.52. The zero-order valence-corrected chi connectivity index (χ0v) is 14.7. The molecule has 0 saturated carbocycles. The van der Waals surface area contributed by atoms with E-state index in [0.29, 0.717) is 12.2 Å². The van der Waals surface area contributed by atoms with Crippen LogP contribution >= 0.6 is 0 Å². The molecule has 0 spiro atoms. The van der Waals surface area contributed by atoms with Gasteiger partial charge in [0.2, 0.25) is 0 Å². The van der Waals surface area contributed by atoms with E-state index in [2.05, 4.69) is 10.5 Å². The van der Waals surface area contributed by atoms with Gasteiger partial charge in [-0.15, -0.1) is 0 Å². The molecule has 2 N–H and O–H groups in total. The Morgan fingerprint density at radius 2 is 1.59 bits per heavy atom. The Balaban J connectivity index is 1.49. The number of carbonyl (C=O) groups is 1. The first-order valence-electron chi connectivity index (χ1n) is 8.55. The molecule has 1 amide bonds. The summed E-state index contributed by atoms with van der Waals surface area (Å²) in [4.78, 5) is 11.9. The number of hydrazone groups is 1. The first-order chi connectivity index (χ1) is 13.2. The van der Waals surface area contributed by atoms with Crippen LogP contribution in [-0.2, 0) is 11.4 Å². The van der Waals surface area contributed by atoms with Crippen LogP contribution in [0.2, 0.25) is 0 Å². The quantitative estimate of drug-likeness (QED) is 0.501. The summed E-state index contributed by atoms with van der Waals surface area (Å²) < 4.78 is 5.72. The van der Waals surface area contributed by atoms with Crippen molar-refractivity contribution in [1.82, 2.24) is 5.43 Å². The number of hydrogen-bond acceptors (Lipinski definition) is 4. The molecular formula is C22H20N2O3. The van der Waals surface area contributed by atoms with Crippen LogP contribution in [0, 0.1) is 0 Å². The number of aliphatic hydroxyl groups excluding tert-OH is 1. The lowest BCUT2D eigenvalue weighted by atomic mass is 10.1. The van der Waals surface area contributed by atoms with Crippen LogP contribution in [0.5, 0.6) is 5.75 Å². The van der Waals surface area contributed by atoms with Crippen LogP contribution in [0.15, 0.2) is 90.0 Å². The van der Waals surface area contributed by atoms with Crippen molar-refractivity contribution >= 4 is 12.1 Å². The zero-order valence-electron chi connectivity index (χ0n) is 14.7. The summed E-state index contributed by atoms with van der Waals surface area (Å²) in [6, 6.07) is 26.0. The number of amides is 1. The van der Waals surface area contributed by atoms with Gasteiger partial charge in [0.05, 0.1) is 6.21 Å². The van der Waals surface area contributed by atoms with Gasteiger partial charge >= 0.3 is 0 Å². The van der Waals surface area contributed by atoms with Crippen molar-refractivity contribution in [2.24, 2.45) is 5.10 Å². The van der Waals surface area contributed by atoms with Gasteiger partial charge in [0.25, 0.3) is 5.91 Å². The van der Waals surface area contributed by atoms with E-state index >= 15 is 0 Å². The number of aliphatic hydroxyl groups is 1. The fourth-order valence-electron chi connectivity index (χ4n) is 2.41. The number of nitrogens with one attached hydrogen (secondary N) is 1. The van der Waals surface area contributed by atoms with Crippen LogP contribution in [0.4, 0.5) is 0 Å². The second-order valence-corrected chi connectivity index (χ2v) is 5.89. The van der Waals surface area contributed by atoms with Crippen molar-refractivity contribution in [3.63, 3.8) is 0 Å². The van der Waals surface area contributed by atoms with E-state index in [9.17, 15) is 9.90 Å². The van der Waals surface area contributed by atoms with E-state index in [1.54, 1.807) is 24.3 Å². The molecule has 3 aromatic rings. The standard InChI is InChI=1S/C22H20N2O3/c25-21(19-9-5-2-6-10-19)22(26)24-23-15-17-11-13-20(14-12-17)27-16-18-7-3-1-4-8-18/h1-15,21,25H,16H2,(H,24,26)/t21-/m1/s1. The van der Waals surface area contributed by atoms with E-state index in [0.717, 1.165) is 16.9 Å². The molecule has 5 nitrogen and oxygen atoms in total. The highest BCUT2D eigenvalue weighted by Gasteiger charge is 2.15. The topological polar surface area (TPSA) is 70.9 Å². The van der Waals surface area contributed by atoms with E-state index in [-0.39, 0.29) is 0 Å². The molecule has 3 aromatic carbocycles. The normalized spacial score (nSPS) is 11.9. The molecule has 27 heavy (non-hydrogen) atoms.